The fourth-order valence-electron chi connectivity index (χ4n) is 4.32. The summed E-state index contributed by atoms with van der Waals surface area (Å²) < 4.78 is 38.8. The molecule has 4 aromatic rings. The van der Waals surface area contributed by atoms with Crippen LogP contribution in [-0.2, 0) is 6.18 Å². The Labute approximate surface area is 216 Å². The normalized spacial score (nSPS) is 14.3. The van der Waals surface area contributed by atoms with Crippen molar-refractivity contribution in [3.8, 4) is 23.2 Å². The average molecular weight is 520 g/mol. The third-order valence-corrected chi connectivity index (χ3v) is 6.52. The summed E-state index contributed by atoms with van der Waals surface area (Å²) in [5, 5.41) is 8.82. The Bertz CT molecular complexity index is 1530. The SMILES string of the molecule is CN1CCN(c2cc3nc(-c4ccc(C(=O)NO)cc4)[nH]c3cc2C#Cc2ccc(C(F)(F)F)cc2)CC1. The lowest BCUT2D eigenvalue weighted by Gasteiger charge is -2.34. The van der Waals surface area contributed by atoms with Gasteiger partial charge in [0.1, 0.15) is 5.82 Å². The van der Waals surface area contributed by atoms with E-state index in [9.17, 15) is 18.0 Å². The molecule has 0 spiro atoms. The van der Waals surface area contributed by atoms with Gasteiger partial charge in [0.15, 0.2) is 0 Å². The molecule has 2 heterocycles. The van der Waals surface area contributed by atoms with Crippen LogP contribution in [0, 0.1) is 11.8 Å². The standard InChI is InChI=1S/C28H24F3N5O2/c1-35-12-14-36(15-13-35)25-17-24-23(32-26(33-24)19-6-8-20(9-7-19)27(37)34-38)16-21(25)5-2-18-3-10-22(11-4-18)28(29,30)31/h3-4,6-11,16-17,38H,12-15H2,1H3,(H,32,33)(H,34,37). The summed E-state index contributed by atoms with van der Waals surface area (Å²) in [6, 6.07) is 15.3. The van der Waals surface area contributed by atoms with Crippen LogP contribution in [0.5, 0.6) is 0 Å². The highest BCUT2D eigenvalue weighted by Crippen LogP contribution is 2.30. The third kappa shape index (κ3) is 5.34. The molecule has 5 rings (SSSR count). The number of aromatic nitrogens is 2. The van der Waals surface area contributed by atoms with Crippen molar-refractivity contribution in [1.29, 1.82) is 0 Å². The molecule has 194 valence electrons. The third-order valence-electron chi connectivity index (χ3n) is 6.52. The Hall–Kier alpha value is -4.33. The minimum absolute atomic E-state index is 0.311. The molecule has 0 saturated carbocycles. The number of carbonyl (C=O) groups is 1. The minimum atomic E-state index is -4.39. The van der Waals surface area contributed by atoms with E-state index in [0.717, 1.165) is 66.2 Å². The zero-order chi connectivity index (χ0) is 26.9. The van der Waals surface area contributed by atoms with Crippen molar-refractivity contribution in [1.82, 2.24) is 20.3 Å². The molecule has 1 saturated heterocycles. The summed E-state index contributed by atoms with van der Waals surface area (Å²) in [6.07, 6.45) is -4.39. The second-order valence-electron chi connectivity index (χ2n) is 9.11. The summed E-state index contributed by atoms with van der Waals surface area (Å²) in [5.41, 5.74) is 5.61. The Kier molecular flexibility index (Phi) is 6.80. The smallest absolute Gasteiger partial charge is 0.368 e. The summed E-state index contributed by atoms with van der Waals surface area (Å²) >= 11 is 0. The van der Waals surface area contributed by atoms with Crippen molar-refractivity contribution < 1.29 is 23.2 Å². The monoisotopic (exact) mass is 519 g/mol. The number of likely N-dealkylation sites (N-methyl/N-ethyl adjacent to an activating group) is 1. The number of piperazine rings is 1. The first-order valence-electron chi connectivity index (χ1n) is 11.9. The van der Waals surface area contributed by atoms with Crippen LogP contribution in [-0.4, -0.2) is 59.2 Å². The molecule has 3 N–H and O–H groups in total. The number of carbonyl (C=O) groups excluding carboxylic acids is 1. The molecule has 0 radical (unpaired) electrons. The zero-order valence-electron chi connectivity index (χ0n) is 20.4. The van der Waals surface area contributed by atoms with E-state index in [2.05, 4.69) is 33.7 Å². The van der Waals surface area contributed by atoms with Crippen LogP contribution < -0.4 is 10.4 Å². The first-order valence-corrected chi connectivity index (χ1v) is 11.9. The highest BCUT2D eigenvalue weighted by molar-refractivity contribution is 5.94. The molecule has 1 aromatic heterocycles. The van der Waals surface area contributed by atoms with E-state index in [1.165, 1.54) is 12.1 Å². The van der Waals surface area contributed by atoms with Gasteiger partial charge in [-0.3, -0.25) is 10.0 Å². The fraction of sp³-hybridized carbons (Fsp3) is 0.214. The number of aromatic amines is 1. The Morgan fingerprint density at radius 2 is 1.68 bits per heavy atom. The van der Waals surface area contributed by atoms with Crippen LogP contribution in [0.4, 0.5) is 18.9 Å². The van der Waals surface area contributed by atoms with Crippen LogP contribution in [0.1, 0.15) is 27.0 Å². The molecule has 10 heteroatoms. The second-order valence-corrected chi connectivity index (χ2v) is 9.11. The number of hydroxylamine groups is 1. The highest BCUT2D eigenvalue weighted by atomic mass is 19.4. The van der Waals surface area contributed by atoms with Crippen molar-refractivity contribution in [3.05, 3.63) is 82.9 Å². The molecule has 3 aromatic carbocycles. The van der Waals surface area contributed by atoms with Gasteiger partial charge in [-0.2, -0.15) is 13.2 Å². The van der Waals surface area contributed by atoms with Crippen molar-refractivity contribution >= 4 is 22.6 Å². The number of nitrogens with zero attached hydrogens (tertiary/aromatic N) is 3. The van der Waals surface area contributed by atoms with Gasteiger partial charge in [-0.15, -0.1) is 0 Å². The summed E-state index contributed by atoms with van der Waals surface area (Å²) in [6.45, 7) is 3.40. The zero-order valence-corrected chi connectivity index (χ0v) is 20.4. The van der Waals surface area contributed by atoms with Gasteiger partial charge in [0.05, 0.1) is 27.8 Å². The quantitative estimate of drug-likeness (QED) is 0.211. The number of alkyl halides is 3. The van der Waals surface area contributed by atoms with Gasteiger partial charge in [0.2, 0.25) is 0 Å². The fourth-order valence-corrected chi connectivity index (χ4v) is 4.32. The summed E-state index contributed by atoms with van der Waals surface area (Å²) in [7, 11) is 2.07. The molecular weight excluding hydrogens is 495 g/mol. The van der Waals surface area contributed by atoms with Gasteiger partial charge < -0.3 is 14.8 Å². The van der Waals surface area contributed by atoms with Gasteiger partial charge in [-0.05, 0) is 55.6 Å². The molecule has 1 aliphatic rings. The van der Waals surface area contributed by atoms with Crippen molar-refractivity contribution in [2.45, 2.75) is 6.18 Å². The second kappa shape index (κ2) is 10.2. The van der Waals surface area contributed by atoms with Crippen LogP contribution in [0.25, 0.3) is 22.4 Å². The summed E-state index contributed by atoms with van der Waals surface area (Å²) in [5.74, 6) is 6.17. The first-order chi connectivity index (χ1) is 18.2. The predicted octanol–water partition coefficient (Wildman–Crippen LogP) is 4.52. The van der Waals surface area contributed by atoms with Gasteiger partial charge in [0, 0.05) is 42.9 Å². The molecule has 1 aliphatic heterocycles. The van der Waals surface area contributed by atoms with Crippen LogP contribution in [0.3, 0.4) is 0 Å². The molecule has 0 bridgehead atoms. The number of amides is 1. The van der Waals surface area contributed by atoms with Crippen LogP contribution in [0.15, 0.2) is 60.7 Å². The van der Waals surface area contributed by atoms with E-state index in [1.807, 2.05) is 12.1 Å². The number of hydrogen-bond acceptors (Lipinski definition) is 5. The predicted molar refractivity (Wildman–Crippen MR) is 138 cm³/mol. The first kappa shape index (κ1) is 25.3. The van der Waals surface area contributed by atoms with Gasteiger partial charge >= 0.3 is 6.18 Å². The molecular formula is C28H24F3N5O2. The Morgan fingerprint density at radius 1 is 1.00 bits per heavy atom. The van der Waals surface area contributed by atoms with Crippen molar-refractivity contribution in [3.63, 3.8) is 0 Å². The van der Waals surface area contributed by atoms with E-state index >= 15 is 0 Å². The van der Waals surface area contributed by atoms with Crippen LogP contribution in [0.2, 0.25) is 0 Å². The minimum Gasteiger partial charge on any atom is -0.368 e. The number of halogens is 3. The Balaban J connectivity index is 1.52. The molecule has 7 nitrogen and oxygen atoms in total. The topological polar surface area (TPSA) is 84.5 Å². The Morgan fingerprint density at radius 3 is 2.32 bits per heavy atom. The van der Waals surface area contributed by atoms with E-state index in [4.69, 9.17) is 10.2 Å². The maximum Gasteiger partial charge on any atom is 0.416 e. The molecule has 1 fully saturated rings. The number of fused-ring (bicyclic) bond motifs is 1. The number of rotatable bonds is 3. The maximum atomic E-state index is 12.9. The summed E-state index contributed by atoms with van der Waals surface area (Å²) in [4.78, 5) is 24.1. The average Bonchev–Trinajstić information content (AvgIpc) is 3.34. The lowest BCUT2D eigenvalue weighted by molar-refractivity contribution is -0.137. The van der Waals surface area contributed by atoms with Crippen LogP contribution >= 0.6 is 0 Å². The molecule has 1 amide bonds. The number of H-pyrrole nitrogens is 1. The van der Waals surface area contributed by atoms with E-state index in [-0.39, 0.29) is 0 Å². The van der Waals surface area contributed by atoms with Gasteiger partial charge in [0.25, 0.3) is 5.91 Å². The molecule has 0 unspecified atom stereocenters. The highest BCUT2D eigenvalue weighted by Gasteiger charge is 2.29. The van der Waals surface area contributed by atoms with E-state index in [1.54, 1.807) is 29.7 Å². The molecule has 0 atom stereocenters. The maximum absolute atomic E-state index is 12.9. The number of anilines is 1. The number of nitrogens with one attached hydrogen (secondary N) is 2. The molecule has 38 heavy (non-hydrogen) atoms. The largest absolute Gasteiger partial charge is 0.416 e. The lowest BCUT2D eigenvalue weighted by atomic mass is 10.1. The molecule has 0 aliphatic carbocycles. The van der Waals surface area contributed by atoms with Crippen molar-refractivity contribution in [2.24, 2.45) is 0 Å². The number of imidazole rings is 1. The van der Waals surface area contributed by atoms with Gasteiger partial charge in [-0.1, -0.05) is 24.0 Å². The van der Waals surface area contributed by atoms with E-state index < -0.39 is 17.6 Å². The van der Waals surface area contributed by atoms with Gasteiger partial charge in [-0.25, -0.2) is 10.5 Å². The lowest BCUT2D eigenvalue weighted by Crippen LogP contribution is -2.44. The van der Waals surface area contributed by atoms with E-state index in [0.29, 0.717) is 17.0 Å². The number of benzene rings is 3. The van der Waals surface area contributed by atoms with Crippen molar-refractivity contribution in [2.75, 3.05) is 38.1 Å². The number of hydrogen-bond donors (Lipinski definition) is 3.